The van der Waals surface area contributed by atoms with E-state index >= 15 is 0 Å². The van der Waals surface area contributed by atoms with Gasteiger partial charge in [-0.05, 0) is 147 Å². The molecule has 542 valence electrons. The quantitative estimate of drug-likeness (QED) is 0.0390. The molecular formula is C73H86Cl3F7N8O9. The van der Waals surface area contributed by atoms with Crippen molar-refractivity contribution in [2.75, 3.05) is 130 Å². The number of amides is 5. The monoisotopic (exact) mass is 1460 g/mol. The molecule has 6 aromatic rings. The summed E-state index contributed by atoms with van der Waals surface area (Å²) in [6, 6.07) is 39.0. The highest BCUT2D eigenvalue weighted by Crippen LogP contribution is 2.48. The van der Waals surface area contributed by atoms with Gasteiger partial charge in [0, 0.05) is 108 Å². The van der Waals surface area contributed by atoms with Crippen LogP contribution >= 0.6 is 37.2 Å². The molecular weight excluding hydrogens is 1370 g/mol. The lowest BCUT2D eigenvalue weighted by atomic mass is 9.72. The summed E-state index contributed by atoms with van der Waals surface area (Å²) >= 11 is 0. The molecule has 2 atom stereocenters. The Morgan fingerprint density at radius 3 is 1.94 bits per heavy atom. The van der Waals surface area contributed by atoms with Crippen molar-refractivity contribution >= 4 is 78.3 Å². The zero-order valence-corrected chi connectivity index (χ0v) is 58.5. The Morgan fingerprint density at radius 1 is 0.650 bits per heavy atom. The molecule has 1 aliphatic carbocycles. The predicted molar refractivity (Wildman–Crippen MR) is 374 cm³/mol. The van der Waals surface area contributed by atoms with E-state index in [9.17, 15) is 54.7 Å². The molecule has 5 amide bonds. The Morgan fingerprint density at radius 2 is 1.26 bits per heavy atom. The van der Waals surface area contributed by atoms with Gasteiger partial charge in [-0.2, -0.15) is 26.3 Å². The van der Waals surface area contributed by atoms with Crippen molar-refractivity contribution in [1.82, 2.24) is 29.4 Å². The third kappa shape index (κ3) is 20.4. The maximum atomic E-state index is 14.2. The molecule has 27 heteroatoms. The van der Waals surface area contributed by atoms with Gasteiger partial charge in [-0.3, -0.25) is 24.5 Å². The van der Waals surface area contributed by atoms with Crippen molar-refractivity contribution in [2.45, 2.75) is 86.9 Å². The number of benzene rings is 6. The van der Waals surface area contributed by atoms with Crippen LogP contribution in [0.15, 0.2) is 146 Å². The highest BCUT2D eigenvalue weighted by Gasteiger charge is 2.50. The SMILES string of the molecule is CN(CCN1CCC(OC(=O)Nc2ccccc2-c2ccccc2)CC1)C(=O)COCCCNc1ccc(C(=O)N(C)CCCN(C)C(=O)CO[C@H]2Cc3ccccc3C23CCN(CC[C@]2(c4ccc(F)cc4)CN(C(=O)c4cc(C(F)(F)F)cc(C(F)(F)F)c4)CO2)CC3)cc1.Cl.Cl.Cl. The third-order valence-corrected chi connectivity index (χ3v) is 19.1. The number of rotatable bonds is 26. The van der Waals surface area contributed by atoms with Gasteiger partial charge in [0.1, 0.15) is 37.5 Å². The summed E-state index contributed by atoms with van der Waals surface area (Å²) in [7, 11) is 5.20. The molecule has 0 aromatic heterocycles. The van der Waals surface area contributed by atoms with Crippen LogP contribution in [0.2, 0.25) is 0 Å². The number of nitrogens with one attached hydrogen (secondary N) is 2. The molecule has 3 aliphatic heterocycles. The van der Waals surface area contributed by atoms with E-state index in [4.69, 9.17) is 18.9 Å². The molecule has 10 rings (SSSR count). The van der Waals surface area contributed by atoms with Crippen molar-refractivity contribution in [3.05, 3.63) is 190 Å². The van der Waals surface area contributed by atoms with Crippen molar-refractivity contribution in [3.8, 4) is 11.1 Å². The van der Waals surface area contributed by atoms with Crippen molar-refractivity contribution < 1.29 is 73.7 Å². The Hall–Kier alpha value is -7.55. The van der Waals surface area contributed by atoms with Crippen LogP contribution in [0.3, 0.4) is 0 Å². The number of likely N-dealkylation sites (tertiary alicyclic amines) is 2. The van der Waals surface area contributed by atoms with Crippen LogP contribution in [0.5, 0.6) is 0 Å². The second kappa shape index (κ2) is 35.9. The van der Waals surface area contributed by atoms with E-state index in [1.54, 1.807) is 48.0 Å². The lowest BCUT2D eigenvalue weighted by molar-refractivity contribution is -0.143. The fourth-order valence-corrected chi connectivity index (χ4v) is 13.4. The van der Waals surface area contributed by atoms with Gasteiger partial charge in [-0.15, -0.1) is 37.2 Å². The minimum atomic E-state index is -5.15. The van der Waals surface area contributed by atoms with E-state index in [1.165, 1.54) is 24.3 Å². The van der Waals surface area contributed by atoms with Crippen molar-refractivity contribution in [1.29, 1.82) is 0 Å². The van der Waals surface area contributed by atoms with E-state index in [1.807, 2.05) is 78.9 Å². The number of carbonyl (C=O) groups excluding carboxylic acids is 5. The Balaban J connectivity index is 0.00000468. The van der Waals surface area contributed by atoms with Crippen LogP contribution in [0.25, 0.3) is 11.1 Å². The second-order valence-corrected chi connectivity index (χ2v) is 25.6. The Labute approximate surface area is 597 Å². The van der Waals surface area contributed by atoms with Crippen LogP contribution in [0.4, 0.5) is 46.9 Å². The highest BCUT2D eigenvalue weighted by atomic mass is 35.5. The van der Waals surface area contributed by atoms with Crippen LogP contribution in [0, 0.1) is 5.82 Å². The van der Waals surface area contributed by atoms with Gasteiger partial charge in [0.05, 0.1) is 29.5 Å². The normalized spacial score (nSPS) is 17.6. The van der Waals surface area contributed by atoms with E-state index in [0.717, 1.165) is 45.9 Å². The van der Waals surface area contributed by atoms with Gasteiger partial charge >= 0.3 is 18.4 Å². The molecule has 100 heavy (non-hydrogen) atoms. The van der Waals surface area contributed by atoms with Gasteiger partial charge in [-0.25, -0.2) is 9.18 Å². The number of anilines is 2. The molecule has 3 heterocycles. The van der Waals surface area contributed by atoms with Gasteiger partial charge < -0.3 is 53.7 Å². The number of piperidine rings is 2. The molecule has 2 N–H and O–H groups in total. The third-order valence-electron chi connectivity index (χ3n) is 19.1. The second-order valence-electron chi connectivity index (χ2n) is 25.6. The maximum Gasteiger partial charge on any atom is 0.416 e. The van der Waals surface area contributed by atoms with Crippen LogP contribution in [-0.2, 0) is 58.3 Å². The van der Waals surface area contributed by atoms with E-state index < -0.39 is 64.6 Å². The lowest BCUT2D eigenvalue weighted by Gasteiger charge is -2.44. The molecule has 3 saturated heterocycles. The van der Waals surface area contributed by atoms with Crippen molar-refractivity contribution in [3.63, 3.8) is 0 Å². The minimum Gasteiger partial charge on any atom is -0.446 e. The van der Waals surface area contributed by atoms with E-state index in [2.05, 4.69) is 32.6 Å². The number of para-hydroxylation sites is 1. The largest absolute Gasteiger partial charge is 0.446 e. The molecule has 3 fully saturated rings. The molecule has 17 nitrogen and oxygen atoms in total. The summed E-state index contributed by atoms with van der Waals surface area (Å²) < 4.78 is 121. The standard InChI is InChI=1S/C73H83F7N8O9.3ClH/c1-83(33-12-34-85(3)67(91)52-19-25-59(26-20-52)81-32-11-42-94-47-65(89)84(2)40-41-86-35-27-60(28-36-86)97-69(93)82-63-18-10-8-16-61(63)51-13-5-4-6-14-51)66(90)48-95-64-45-53-15-7-9-17-62(53)70(64)29-37-87(38-30-70)39-31-71(55-21-23-58(74)24-22-55)49-88(50-96-71)68(92)54-43-56(72(75,76)77)46-57(44-54)73(78,79)80;;;/h4-10,13-26,43-44,46,60,64,81H,11-12,27-42,45,47-50H2,1-3H3,(H,82,93);3*1H/t64-,71+;;;/m0.../s1. The van der Waals surface area contributed by atoms with Gasteiger partial charge in [0.15, 0.2) is 0 Å². The minimum absolute atomic E-state index is 0. The van der Waals surface area contributed by atoms with Gasteiger partial charge in [-0.1, -0.05) is 84.9 Å². The summed E-state index contributed by atoms with van der Waals surface area (Å²) in [4.78, 5) is 77.0. The number of hydrogen-bond donors (Lipinski definition) is 2. The first-order chi connectivity index (χ1) is 46.5. The molecule has 0 bridgehead atoms. The fraction of sp³-hybridized carbons (Fsp3) is 0.438. The number of ether oxygens (including phenoxy) is 4. The number of fused-ring (bicyclic) bond motifs is 2. The van der Waals surface area contributed by atoms with Gasteiger partial charge in [0.25, 0.3) is 11.8 Å². The number of halogens is 10. The first-order valence-corrected chi connectivity index (χ1v) is 32.9. The fourth-order valence-electron chi connectivity index (χ4n) is 13.4. The number of carbonyl (C=O) groups is 5. The number of hydrogen-bond acceptors (Lipinski definition) is 12. The summed E-state index contributed by atoms with van der Waals surface area (Å²) in [5, 5.41) is 6.25. The van der Waals surface area contributed by atoms with E-state index in [-0.39, 0.29) is 99.4 Å². The summed E-state index contributed by atoms with van der Waals surface area (Å²) in [6.07, 6.45) is -6.50. The maximum absolute atomic E-state index is 14.2. The molecule has 0 radical (unpaired) electrons. The number of nitrogens with zero attached hydrogens (tertiary/aromatic N) is 6. The Bertz CT molecular complexity index is 3650. The zero-order chi connectivity index (χ0) is 68.9. The smallest absolute Gasteiger partial charge is 0.416 e. The molecule has 1 spiro atoms. The summed E-state index contributed by atoms with van der Waals surface area (Å²) in [6.45, 7) is 5.30. The Kier molecular flexibility index (Phi) is 28.6. The lowest BCUT2D eigenvalue weighted by Crippen LogP contribution is -2.50. The zero-order valence-electron chi connectivity index (χ0n) is 56.0. The summed E-state index contributed by atoms with van der Waals surface area (Å²) in [5.74, 6) is -2.08. The highest BCUT2D eigenvalue weighted by molar-refractivity contribution is 5.95. The topological polar surface area (TPSA) is 166 Å². The average molecular weight is 1460 g/mol. The molecule has 4 aliphatic rings. The average Bonchev–Trinajstić information content (AvgIpc) is 1.58. The molecule has 6 aromatic carbocycles. The van der Waals surface area contributed by atoms with Crippen molar-refractivity contribution in [2.24, 2.45) is 0 Å². The predicted octanol–water partition coefficient (Wildman–Crippen LogP) is 13.1. The van der Waals surface area contributed by atoms with Gasteiger partial charge in [0.2, 0.25) is 11.8 Å². The number of alkyl halides is 6. The number of likely N-dealkylation sites (N-methyl/N-ethyl adjacent to an activating group) is 2. The van der Waals surface area contributed by atoms with Crippen LogP contribution < -0.4 is 10.6 Å². The molecule has 0 unspecified atom stereocenters. The first kappa shape index (κ1) is 79.8. The summed E-state index contributed by atoms with van der Waals surface area (Å²) in [5.41, 5.74) is 1.05. The van der Waals surface area contributed by atoms with Crippen LogP contribution in [-0.4, -0.2) is 191 Å². The van der Waals surface area contributed by atoms with E-state index in [0.29, 0.717) is 133 Å². The van der Waals surface area contributed by atoms with Crippen LogP contribution in [0.1, 0.15) is 93.5 Å². The first-order valence-electron chi connectivity index (χ1n) is 32.9. The molecule has 0 saturated carbocycles.